The zero-order valence-electron chi connectivity index (χ0n) is 14.5. The van der Waals surface area contributed by atoms with Gasteiger partial charge in [-0.1, -0.05) is 26.8 Å². The van der Waals surface area contributed by atoms with Crippen LogP contribution >= 0.6 is 0 Å². The van der Waals surface area contributed by atoms with Crippen LogP contribution in [0, 0.1) is 28.8 Å². The largest absolute Gasteiger partial charge is 0.233 e. The standard InChI is InChI=1S/C20H16F3N3/c1-20(2,3)17-10-16(14-7-8-15(21)19(23)18(14)22)26(25-17)13-6-4-5-12(9-13)11-24/h4-10H,1-3H3. The lowest BCUT2D eigenvalue weighted by molar-refractivity contribution is 0.448. The minimum Gasteiger partial charge on any atom is -0.233 e. The fraction of sp³-hybridized carbons (Fsp3) is 0.200. The van der Waals surface area contributed by atoms with E-state index >= 15 is 0 Å². The van der Waals surface area contributed by atoms with Gasteiger partial charge in [0.15, 0.2) is 17.5 Å². The van der Waals surface area contributed by atoms with Gasteiger partial charge >= 0.3 is 0 Å². The molecule has 132 valence electrons. The van der Waals surface area contributed by atoms with Gasteiger partial charge in [-0.2, -0.15) is 10.4 Å². The Hall–Kier alpha value is -3.07. The lowest BCUT2D eigenvalue weighted by Crippen LogP contribution is -2.12. The molecule has 0 N–H and O–H groups in total. The lowest BCUT2D eigenvalue weighted by Gasteiger charge is -2.14. The molecule has 0 bridgehead atoms. The first-order valence-corrected chi connectivity index (χ1v) is 7.97. The topological polar surface area (TPSA) is 41.6 Å². The Morgan fingerprint density at radius 1 is 1.00 bits per heavy atom. The Kier molecular flexibility index (Phi) is 4.33. The van der Waals surface area contributed by atoms with Crippen LogP contribution in [0.4, 0.5) is 13.2 Å². The second-order valence-electron chi connectivity index (χ2n) is 6.96. The van der Waals surface area contributed by atoms with Crippen LogP contribution in [0.3, 0.4) is 0 Å². The summed E-state index contributed by atoms with van der Waals surface area (Å²) >= 11 is 0. The van der Waals surface area contributed by atoms with Gasteiger partial charge in [0.25, 0.3) is 0 Å². The van der Waals surface area contributed by atoms with E-state index in [4.69, 9.17) is 5.26 Å². The van der Waals surface area contributed by atoms with Crippen molar-refractivity contribution in [3.05, 3.63) is 71.2 Å². The van der Waals surface area contributed by atoms with Crippen molar-refractivity contribution in [1.82, 2.24) is 9.78 Å². The summed E-state index contributed by atoms with van der Waals surface area (Å²) in [7, 11) is 0. The third kappa shape index (κ3) is 3.08. The molecule has 3 rings (SSSR count). The van der Waals surface area contributed by atoms with E-state index in [1.807, 2.05) is 26.8 Å². The summed E-state index contributed by atoms with van der Waals surface area (Å²) in [6, 6.07) is 12.4. The number of benzene rings is 2. The zero-order chi connectivity index (χ0) is 19.1. The maximum atomic E-state index is 14.4. The van der Waals surface area contributed by atoms with Crippen LogP contribution in [0.5, 0.6) is 0 Å². The number of rotatable bonds is 2. The van der Waals surface area contributed by atoms with E-state index in [0.29, 0.717) is 16.9 Å². The molecule has 0 atom stereocenters. The molecule has 0 aliphatic heterocycles. The predicted octanol–water partition coefficient (Wildman–Crippen LogP) is 5.13. The second-order valence-corrected chi connectivity index (χ2v) is 6.96. The number of nitriles is 1. The van der Waals surface area contributed by atoms with Gasteiger partial charge in [0, 0.05) is 11.0 Å². The minimum absolute atomic E-state index is 0.103. The normalized spacial score (nSPS) is 11.4. The van der Waals surface area contributed by atoms with E-state index in [-0.39, 0.29) is 16.7 Å². The number of halogens is 3. The number of hydrogen-bond acceptors (Lipinski definition) is 2. The van der Waals surface area contributed by atoms with Gasteiger partial charge < -0.3 is 0 Å². The quantitative estimate of drug-likeness (QED) is 0.598. The molecule has 3 nitrogen and oxygen atoms in total. The highest BCUT2D eigenvalue weighted by Crippen LogP contribution is 2.32. The second kappa shape index (κ2) is 6.34. The molecule has 0 aliphatic carbocycles. The van der Waals surface area contributed by atoms with Gasteiger partial charge in [-0.3, -0.25) is 0 Å². The maximum absolute atomic E-state index is 14.4. The van der Waals surface area contributed by atoms with Crippen molar-refractivity contribution in [2.75, 3.05) is 0 Å². The molecule has 1 aromatic heterocycles. The lowest BCUT2D eigenvalue weighted by atomic mass is 9.92. The number of hydrogen-bond donors (Lipinski definition) is 0. The Morgan fingerprint density at radius 3 is 2.38 bits per heavy atom. The van der Waals surface area contributed by atoms with Crippen molar-refractivity contribution in [2.24, 2.45) is 0 Å². The molecule has 0 saturated carbocycles. The van der Waals surface area contributed by atoms with Crippen LogP contribution in [0.25, 0.3) is 16.9 Å². The summed E-state index contributed by atoms with van der Waals surface area (Å²) in [4.78, 5) is 0. The van der Waals surface area contributed by atoms with Gasteiger partial charge in [0.05, 0.1) is 28.7 Å². The van der Waals surface area contributed by atoms with Gasteiger partial charge in [0.2, 0.25) is 0 Å². The average molecular weight is 355 g/mol. The first-order valence-electron chi connectivity index (χ1n) is 7.97. The summed E-state index contributed by atoms with van der Waals surface area (Å²) in [5, 5.41) is 13.6. The smallest absolute Gasteiger partial charge is 0.195 e. The molecule has 0 spiro atoms. The van der Waals surface area contributed by atoms with Gasteiger partial charge in [-0.15, -0.1) is 0 Å². The monoisotopic (exact) mass is 355 g/mol. The minimum atomic E-state index is -1.53. The Labute approximate surface area is 149 Å². The third-order valence-corrected chi connectivity index (χ3v) is 4.01. The Balaban J connectivity index is 2.30. The van der Waals surface area contributed by atoms with Crippen molar-refractivity contribution < 1.29 is 13.2 Å². The molecule has 0 saturated heterocycles. The number of aromatic nitrogens is 2. The highest BCUT2D eigenvalue weighted by Gasteiger charge is 2.24. The van der Waals surface area contributed by atoms with Crippen LogP contribution in [0.15, 0.2) is 42.5 Å². The Morgan fingerprint density at radius 2 is 1.73 bits per heavy atom. The molecule has 0 amide bonds. The maximum Gasteiger partial charge on any atom is 0.195 e. The first kappa shape index (κ1) is 17.7. The van der Waals surface area contributed by atoms with Gasteiger partial charge in [0.1, 0.15) is 0 Å². The van der Waals surface area contributed by atoms with Crippen molar-refractivity contribution in [1.29, 1.82) is 5.26 Å². The molecule has 1 heterocycles. The van der Waals surface area contributed by atoms with Crippen LogP contribution in [-0.4, -0.2) is 9.78 Å². The van der Waals surface area contributed by atoms with E-state index in [1.54, 1.807) is 30.3 Å². The summed E-state index contributed by atoms with van der Waals surface area (Å²) in [6.07, 6.45) is 0. The molecule has 0 radical (unpaired) electrons. The SMILES string of the molecule is CC(C)(C)c1cc(-c2ccc(F)c(F)c2F)n(-c2cccc(C#N)c2)n1. The first-order chi connectivity index (χ1) is 12.2. The molecule has 0 aliphatic rings. The molecule has 0 fully saturated rings. The van der Waals surface area contributed by atoms with E-state index in [1.165, 1.54) is 10.7 Å². The fourth-order valence-electron chi connectivity index (χ4n) is 2.57. The molecule has 3 aromatic rings. The molecule has 0 unspecified atom stereocenters. The zero-order valence-corrected chi connectivity index (χ0v) is 14.5. The van der Waals surface area contributed by atoms with E-state index < -0.39 is 17.5 Å². The highest BCUT2D eigenvalue weighted by atomic mass is 19.2. The molecule has 6 heteroatoms. The van der Waals surface area contributed by atoms with Crippen molar-refractivity contribution in [3.63, 3.8) is 0 Å². The van der Waals surface area contributed by atoms with Gasteiger partial charge in [-0.25, -0.2) is 17.9 Å². The van der Waals surface area contributed by atoms with E-state index in [0.717, 1.165) is 6.07 Å². The Bertz CT molecular complexity index is 1020. The van der Waals surface area contributed by atoms with E-state index in [2.05, 4.69) is 5.10 Å². The summed E-state index contributed by atoms with van der Waals surface area (Å²) in [5.41, 5.74) is 1.42. The average Bonchev–Trinajstić information content (AvgIpc) is 3.05. The van der Waals surface area contributed by atoms with Gasteiger partial charge in [-0.05, 0) is 36.4 Å². The summed E-state index contributed by atoms with van der Waals surface area (Å²) in [5.74, 6) is -4.05. The van der Waals surface area contributed by atoms with Crippen LogP contribution in [0.1, 0.15) is 32.0 Å². The molecular formula is C20H16F3N3. The third-order valence-electron chi connectivity index (χ3n) is 4.01. The molecule has 2 aromatic carbocycles. The highest BCUT2D eigenvalue weighted by molar-refractivity contribution is 5.64. The van der Waals surface area contributed by atoms with Crippen LogP contribution in [0.2, 0.25) is 0 Å². The van der Waals surface area contributed by atoms with Crippen molar-refractivity contribution in [2.45, 2.75) is 26.2 Å². The molecule has 26 heavy (non-hydrogen) atoms. The summed E-state index contributed by atoms with van der Waals surface area (Å²) < 4.78 is 42.9. The fourth-order valence-corrected chi connectivity index (χ4v) is 2.57. The van der Waals surface area contributed by atoms with E-state index in [9.17, 15) is 13.2 Å². The van der Waals surface area contributed by atoms with Crippen LogP contribution in [-0.2, 0) is 5.41 Å². The van der Waals surface area contributed by atoms with Crippen LogP contribution < -0.4 is 0 Å². The predicted molar refractivity (Wildman–Crippen MR) is 92.3 cm³/mol. The van der Waals surface area contributed by atoms with Crippen molar-refractivity contribution >= 4 is 0 Å². The van der Waals surface area contributed by atoms with Crippen molar-refractivity contribution in [3.8, 4) is 23.0 Å². The number of nitrogens with zero attached hydrogens (tertiary/aromatic N) is 3. The molecular weight excluding hydrogens is 339 g/mol. The summed E-state index contributed by atoms with van der Waals surface area (Å²) in [6.45, 7) is 5.82.